The van der Waals surface area contributed by atoms with Crippen LogP contribution >= 0.6 is 27.5 Å². The Morgan fingerprint density at radius 1 is 1.08 bits per heavy atom. The van der Waals surface area contributed by atoms with Gasteiger partial charge in [-0.05, 0) is 72.1 Å². The van der Waals surface area contributed by atoms with E-state index in [4.69, 9.17) is 21.1 Å². The number of amides is 1. The first-order chi connectivity index (χ1) is 12.0. The van der Waals surface area contributed by atoms with Crippen molar-refractivity contribution in [2.24, 2.45) is 0 Å². The van der Waals surface area contributed by atoms with Crippen LogP contribution in [0.25, 0.3) is 0 Å². The van der Waals surface area contributed by atoms with Gasteiger partial charge in [0, 0.05) is 16.6 Å². The summed E-state index contributed by atoms with van der Waals surface area (Å²) in [5.41, 5.74) is 1.70. The SMILES string of the molecule is CCOc1ccc(CCC(=O)Nc2ccc(Br)c(Cl)c2)cc1OCC. The van der Waals surface area contributed by atoms with Gasteiger partial charge in [-0.3, -0.25) is 4.79 Å². The van der Waals surface area contributed by atoms with Crippen molar-refractivity contribution in [3.63, 3.8) is 0 Å². The van der Waals surface area contributed by atoms with Crippen molar-refractivity contribution in [2.75, 3.05) is 18.5 Å². The molecule has 0 saturated heterocycles. The summed E-state index contributed by atoms with van der Waals surface area (Å²) in [6.07, 6.45) is 0.982. The molecule has 134 valence electrons. The standard InChI is InChI=1S/C19H21BrClNO3/c1-3-24-17-9-5-13(11-18(17)25-4-2)6-10-19(23)22-14-7-8-15(20)16(21)12-14/h5,7-9,11-12H,3-4,6,10H2,1-2H3,(H,22,23). The fourth-order valence-corrected chi connectivity index (χ4v) is 2.73. The molecule has 0 fully saturated rings. The van der Waals surface area contributed by atoms with Crippen molar-refractivity contribution in [1.82, 2.24) is 0 Å². The number of carbonyl (C=O) groups excluding carboxylic acids is 1. The summed E-state index contributed by atoms with van der Waals surface area (Å²) in [5, 5.41) is 3.41. The average Bonchev–Trinajstić information content (AvgIpc) is 2.59. The summed E-state index contributed by atoms with van der Waals surface area (Å²) in [5.74, 6) is 1.37. The van der Waals surface area contributed by atoms with Crippen LogP contribution in [0.5, 0.6) is 11.5 Å². The van der Waals surface area contributed by atoms with Gasteiger partial charge in [0.05, 0.1) is 18.2 Å². The zero-order valence-corrected chi connectivity index (χ0v) is 16.6. The first-order valence-corrected chi connectivity index (χ1v) is 9.34. The maximum atomic E-state index is 12.1. The second kappa shape index (κ2) is 9.68. The molecule has 2 rings (SSSR count). The molecule has 4 nitrogen and oxygen atoms in total. The van der Waals surface area contributed by atoms with Gasteiger partial charge in [0.2, 0.25) is 5.91 Å². The van der Waals surface area contributed by atoms with Crippen molar-refractivity contribution in [1.29, 1.82) is 0 Å². The lowest BCUT2D eigenvalue weighted by Gasteiger charge is -2.12. The van der Waals surface area contributed by atoms with E-state index < -0.39 is 0 Å². The highest BCUT2D eigenvalue weighted by Crippen LogP contribution is 2.29. The minimum Gasteiger partial charge on any atom is -0.490 e. The molecule has 0 radical (unpaired) electrons. The number of aryl methyl sites for hydroxylation is 1. The first-order valence-electron chi connectivity index (χ1n) is 8.17. The lowest BCUT2D eigenvalue weighted by Crippen LogP contribution is -2.12. The molecule has 0 bridgehead atoms. The van der Waals surface area contributed by atoms with Crippen molar-refractivity contribution < 1.29 is 14.3 Å². The predicted molar refractivity (Wildman–Crippen MR) is 105 cm³/mol. The van der Waals surface area contributed by atoms with Gasteiger partial charge in [-0.1, -0.05) is 17.7 Å². The van der Waals surface area contributed by atoms with E-state index in [9.17, 15) is 4.79 Å². The van der Waals surface area contributed by atoms with Crippen molar-refractivity contribution >= 4 is 39.1 Å². The molecule has 0 saturated carbocycles. The zero-order valence-electron chi connectivity index (χ0n) is 14.3. The highest BCUT2D eigenvalue weighted by molar-refractivity contribution is 9.10. The number of halogens is 2. The zero-order chi connectivity index (χ0) is 18.2. The minimum atomic E-state index is -0.0646. The molecule has 0 atom stereocenters. The number of hydrogen-bond donors (Lipinski definition) is 1. The van der Waals surface area contributed by atoms with Crippen LogP contribution in [0, 0.1) is 0 Å². The van der Waals surface area contributed by atoms with Crippen LogP contribution in [-0.2, 0) is 11.2 Å². The fourth-order valence-electron chi connectivity index (χ4n) is 2.31. The summed E-state index contributed by atoms with van der Waals surface area (Å²) in [6.45, 7) is 5.01. The molecule has 25 heavy (non-hydrogen) atoms. The summed E-state index contributed by atoms with van der Waals surface area (Å²) >= 11 is 9.36. The third kappa shape index (κ3) is 5.94. The largest absolute Gasteiger partial charge is 0.490 e. The highest BCUT2D eigenvalue weighted by atomic mass is 79.9. The Morgan fingerprint density at radius 3 is 2.48 bits per heavy atom. The van der Waals surface area contributed by atoms with E-state index in [1.165, 1.54) is 0 Å². The maximum absolute atomic E-state index is 12.1. The number of nitrogens with one attached hydrogen (secondary N) is 1. The predicted octanol–water partition coefficient (Wildman–Crippen LogP) is 5.47. The normalized spacial score (nSPS) is 10.4. The van der Waals surface area contributed by atoms with Crippen LogP contribution in [-0.4, -0.2) is 19.1 Å². The molecule has 1 amide bonds. The summed E-state index contributed by atoms with van der Waals surface area (Å²) in [7, 11) is 0. The molecular formula is C19H21BrClNO3. The molecule has 0 unspecified atom stereocenters. The van der Waals surface area contributed by atoms with E-state index in [-0.39, 0.29) is 5.91 Å². The van der Waals surface area contributed by atoms with Crippen LogP contribution < -0.4 is 14.8 Å². The van der Waals surface area contributed by atoms with Gasteiger partial charge in [0.25, 0.3) is 0 Å². The minimum absolute atomic E-state index is 0.0646. The van der Waals surface area contributed by atoms with E-state index in [0.717, 1.165) is 15.8 Å². The van der Waals surface area contributed by atoms with Gasteiger partial charge in [0.1, 0.15) is 0 Å². The molecule has 0 heterocycles. The third-order valence-corrected chi connectivity index (χ3v) is 4.68. The van der Waals surface area contributed by atoms with Crippen molar-refractivity contribution in [3.8, 4) is 11.5 Å². The molecule has 0 aromatic heterocycles. The molecule has 0 spiro atoms. The van der Waals surface area contributed by atoms with E-state index in [1.807, 2.05) is 32.0 Å². The number of benzene rings is 2. The lowest BCUT2D eigenvalue weighted by molar-refractivity contribution is -0.116. The van der Waals surface area contributed by atoms with Gasteiger partial charge in [-0.2, -0.15) is 0 Å². The Labute approximate surface area is 161 Å². The Hall–Kier alpha value is -1.72. The molecule has 0 aliphatic heterocycles. The van der Waals surface area contributed by atoms with Crippen LogP contribution in [0.4, 0.5) is 5.69 Å². The Bertz CT molecular complexity index is 737. The number of anilines is 1. The second-order valence-electron chi connectivity index (χ2n) is 5.32. The van der Waals surface area contributed by atoms with Crippen molar-refractivity contribution in [2.45, 2.75) is 26.7 Å². The monoisotopic (exact) mass is 425 g/mol. The van der Waals surface area contributed by atoms with Gasteiger partial charge in [0.15, 0.2) is 11.5 Å². The smallest absolute Gasteiger partial charge is 0.224 e. The van der Waals surface area contributed by atoms with Crippen LogP contribution in [0.15, 0.2) is 40.9 Å². The summed E-state index contributed by atoms with van der Waals surface area (Å²) in [4.78, 5) is 12.1. The topological polar surface area (TPSA) is 47.6 Å². The van der Waals surface area contributed by atoms with Gasteiger partial charge in [-0.15, -0.1) is 0 Å². The molecule has 2 aromatic carbocycles. The molecule has 0 aliphatic rings. The van der Waals surface area contributed by atoms with Crippen LogP contribution in [0.1, 0.15) is 25.8 Å². The Balaban J connectivity index is 1.96. The molecular weight excluding hydrogens is 406 g/mol. The summed E-state index contributed by atoms with van der Waals surface area (Å²) in [6, 6.07) is 11.1. The maximum Gasteiger partial charge on any atom is 0.224 e. The first kappa shape index (κ1) is 19.6. The Morgan fingerprint density at radius 2 is 1.80 bits per heavy atom. The highest BCUT2D eigenvalue weighted by Gasteiger charge is 2.09. The third-order valence-electron chi connectivity index (χ3n) is 3.45. The molecule has 2 aromatic rings. The van der Waals surface area contributed by atoms with E-state index in [0.29, 0.717) is 42.5 Å². The van der Waals surface area contributed by atoms with E-state index >= 15 is 0 Å². The van der Waals surface area contributed by atoms with Gasteiger partial charge < -0.3 is 14.8 Å². The fraction of sp³-hybridized carbons (Fsp3) is 0.316. The summed E-state index contributed by atoms with van der Waals surface area (Å²) < 4.78 is 12.0. The number of ether oxygens (including phenoxy) is 2. The molecule has 6 heteroatoms. The van der Waals surface area contributed by atoms with Crippen LogP contribution in [0.3, 0.4) is 0 Å². The number of carbonyl (C=O) groups is 1. The van der Waals surface area contributed by atoms with Crippen LogP contribution in [0.2, 0.25) is 5.02 Å². The number of rotatable bonds is 8. The lowest BCUT2D eigenvalue weighted by atomic mass is 10.1. The van der Waals surface area contributed by atoms with E-state index in [2.05, 4.69) is 21.2 Å². The quantitative estimate of drug-likeness (QED) is 0.609. The Kier molecular flexibility index (Phi) is 7.59. The number of hydrogen-bond acceptors (Lipinski definition) is 3. The second-order valence-corrected chi connectivity index (χ2v) is 6.59. The van der Waals surface area contributed by atoms with Gasteiger partial charge >= 0.3 is 0 Å². The van der Waals surface area contributed by atoms with E-state index in [1.54, 1.807) is 18.2 Å². The molecule has 1 N–H and O–H groups in total. The molecule has 0 aliphatic carbocycles. The average molecular weight is 427 g/mol. The van der Waals surface area contributed by atoms with Gasteiger partial charge in [-0.25, -0.2) is 0 Å². The van der Waals surface area contributed by atoms with Crippen molar-refractivity contribution in [3.05, 3.63) is 51.5 Å².